The van der Waals surface area contributed by atoms with E-state index in [9.17, 15) is 18.4 Å². The molecule has 0 aliphatic carbocycles. The van der Waals surface area contributed by atoms with Crippen LogP contribution in [0.5, 0.6) is 0 Å². The molecule has 32 heavy (non-hydrogen) atoms. The average molecular weight is 462 g/mol. The van der Waals surface area contributed by atoms with Gasteiger partial charge in [0.1, 0.15) is 16.2 Å². The van der Waals surface area contributed by atoms with Gasteiger partial charge in [0.2, 0.25) is 0 Å². The summed E-state index contributed by atoms with van der Waals surface area (Å²) in [6.07, 6.45) is 0. The maximum Gasteiger partial charge on any atom is 0.269 e. The first-order chi connectivity index (χ1) is 15.3. The fourth-order valence-corrected chi connectivity index (χ4v) is 4.14. The Hall–Kier alpha value is -3.04. The van der Waals surface area contributed by atoms with E-state index in [0.717, 1.165) is 0 Å². The molecular formula is C22H22ClF2N5O2. The van der Waals surface area contributed by atoms with Crippen LogP contribution in [0, 0.1) is 18.6 Å². The molecule has 0 spiro atoms. The number of hydrogen-bond acceptors (Lipinski definition) is 5. The number of carbonyl (C=O) groups excluding carboxylic acids is 1. The number of anilines is 1. The zero-order valence-corrected chi connectivity index (χ0v) is 18.4. The molecule has 1 fully saturated rings. The highest BCUT2D eigenvalue weighted by molar-refractivity contribution is 6.33. The summed E-state index contributed by atoms with van der Waals surface area (Å²) in [5.74, 6) is -1.77. The Labute approximate surface area is 188 Å². The first kappa shape index (κ1) is 22.2. The third-order valence-electron chi connectivity index (χ3n) is 5.70. The minimum atomic E-state index is -0.748. The molecule has 7 nitrogen and oxygen atoms in total. The van der Waals surface area contributed by atoms with Gasteiger partial charge in [-0.25, -0.2) is 13.8 Å². The van der Waals surface area contributed by atoms with E-state index in [2.05, 4.69) is 20.2 Å². The van der Waals surface area contributed by atoms with Crippen LogP contribution in [-0.2, 0) is 6.54 Å². The Bertz CT molecular complexity index is 1260. The lowest BCUT2D eigenvalue weighted by atomic mass is 10.1. The van der Waals surface area contributed by atoms with Gasteiger partial charge in [-0.15, -0.1) is 0 Å². The highest BCUT2D eigenvalue weighted by Crippen LogP contribution is 2.31. The van der Waals surface area contributed by atoms with Crippen LogP contribution in [0.25, 0.3) is 11.0 Å². The molecule has 0 saturated carbocycles. The van der Waals surface area contributed by atoms with Crippen LogP contribution in [-0.4, -0.2) is 54.0 Å². The second kappa shape index (κ2) is 8.84. The maximum atomic E-state index is 15.0. The molecule has 3 aromatic rings. The van der Waals surface area contributed by atoms with Crippen molar-refractivity contribution in [2.45, 2.75) is 13.5 Å². The molecule has 2 N–H and O–H groups in total. The largest absolute Gasteiger partial charge is 0.368 e. The normalized spacial score (nSPS) is 14.7. The van der Waals surface area contributed by atoms with Crippen LogP contribution in [0.15, 0.2) is 29.1 Å². The van der Waals surface area contributed by atoms with Crippen LogP contribution in [0.3, 0.4) is 0 Å². The van der Waals surface area contributed by atoms with Gasteiger partial charge in [0, 0.05) is 45.3 Å². The minimum absolute atomic E-state index is 0.0909. The van der Waals surface area contributed by atoms with Crippen molar-refractivity contribution in [3.8, 4) is 0 Å². The number of piperazine rings is 1. The van der Waals surface area contributed by atoms with Gasteiger partial charge in [0.05, 0.1) is 16.8 Å². The molecule has 1 saturated heterocycles. The number of amides is 1. The lowest BCUT2D eigenvalue weighted by Gasteiger charge is -2.36. The number of nitrogens with one attached hydrogen (secondary N) is 2. The maximum absolute atomic E-state index is 15.0. The second-order valence-electron chi connectivity index (χ2n) is 7.69. The smallest absolute Gasteiger partial charge is 0.269 e. The topological polar surface area (TPSA) is 81.3 Å². The summed E-state index contributed by atoms with van der Waals surface area (Å²) in [5, 5.41) is 2.30. The summed E-state index contributed by atoms with van der Waals surface area (Å²) in [4.78, 5) is 34.3. The third-order valence-corrected chi connectivity index (χ3v) is 6.06. The number of aromatic nitrogens is 2. The number of carbonyl (C=O) groups is 1. The molecule has 168 valence electrons. The van der Waals surface area contributed by atoms with E-state index in [-0.39, 0.29) is 16.1 Å². The SMILES string of the molecule is CNC(=O)c1ccc(N2CCN(Cc3ccc4nc(C)c(=O)[nH]c4c3F)CC2)c(Cl)c1F. The first-order valence-corrected chi connectivity index (χ1v) is 10.5. The summed E-state index contributed by atoms with van der Waals surface area (Å²) in [5.41, 5.74) is 1.28. The summed E-state index contributed by atoms with van der Waals surface area (Å²) < 4.78 is 29.5. The number of H-pyrrole nitrogens is 1. The van der Waals surface area contributed by atoms with E-state index in [4.69, 9.17) is 11.6 Å². The van der Waals surface area contributed by atoms with Crippen LogP contribution in [0.1, 0.15) is 21.6 Å². The van der Waals surface area contributed by atoms with Gasteiger partial charge in [-0.3, -0.25) is 14.5 Å². The Morgan fingerprint density at radius 2 is 1.88 bits per heavy atom. The van der Waals surface area contributed by atoms with E-state index < -0.39 is 23.1 Å². The van der Waals surface area contributed by atoms with Crippen LogP contribution in [0.4, 0.5) is 14.5 Å². The van der Waals surface area contributed by atoms with Crippen molar-refractivity contribution in [1.29, 1.82) is 0 Å². The highest BCUT2D eigenvalue weighted by atomic mass is 35.5. The van der Waals surface area contributed by atoms with Crippen molar-refractivity contribution in [2.24, 2.45) is 0 Å². The Balaban J connectivity index is 1.47. The quantitative estimate of drug-likeness (QED) is 0.624. The summed E-state index contributed by atoms with van der Waals surface area (Å²) in [6, 6.07) is 6.44. The average Bonchev–Trinajstić information content (AvgIpc) is 2.79. The molecule has 1 aromatic heterocycles. The Morgan fingerprint density at radius 1 is 1.16 bits per heavy atom. The number of halogens is 3. The van der Waals surface area contributed by atoms with Crippen molar-refractivity contribution < 1.29 is 13.6 Å². The molecule has 1 aliphatic rings. The molecule has 0 radical (unpaired) electrons. The van der Waals surface area contributed by atoms with E-state index in [0.29, 0.717) is 55.2 Å². The molecule has 0 bridgehead atoms. The molecule has 1 aliphatic heterocycles. The first-order valence-electron chi connectivity index (χ1n) is 10.2. The molecule has 10 heteroatoms. The summed E-state index contributed by atoms with van der Waals surface area (Å²) in [7, 11) is 1.43. The standard InChI is InChI=1S/C22H22ClF2N5O2/c1-12-21(31)28-20-15(27-12)5-3-13(18(20)24)11-29-7-9-30(10-8-29)16-6-4-14(22(32)26-2)19(25)17(16)23/h3-6H,7-11H2,1-2H3,(H,26,32)(H,28,31). The molecular weight excluding hydrogens is 440 g/mol. The number of fused-ring (bicyclic) bond motifs is 1. The fraction of sp³-hybridized carbons (Fsp3) is 0.318. The summed E-state index contributed by atoms with van der Waals surface area (Å²) >= 11 is 6.20. The fourth-order valence-electron chi connectivity index (χ4n) is 3.86. The Morgan fingerprint density at radius 3 is 2.56 bits per heavy atom. The van der Waals surface area contributed by atoms with Crippen LogP contribution in [0.2, 0.25) is 5.02 Å². The van der Waals surface area contributed by atoms with Crippen molar-refractivity contribution in [3.05, 3.63) is 68.1 Å². The van der Waals surface area contributed by atoms with E-state index in [1.54, 1.807) is 25.1 Å². The van der Waals surface area contributed by atoms with Gasteiger partial charge in [0.15, 0.2) is 11.6 Å². The van der Waals surface area contributed by atoms with E-state index >= 15 is 0 Å². The van der Waals surface area contributed by atoms with Crippen LogP contribution < -0.4 is 15.8 Å². The van der Waals surface area contributed by atoms with Gasteiger partial charge < -0.3 is 15.2 Å². The highest BCUT2D eigenvalue weighted by Gasteiger charge is 2.24. The molecule has 0 atom stereocenters. The molecule has 1 amide bonds. The molecule has 4 rings (SSSR count). The number of aromatic amines is 1. The molecule has 2 heterocycles. The second-order valence-corrected chi connectivity index (χ2v) is 8.06. The number of hydrogen-bond donors (Lipinski definition) is 2. The predicted octanol–water partition coefficient (Wildman–Crippen LogP) is 2.84. The lowest BCUT2D eigenvalue weighted by Crippen LogP contribution is -2.46. The van der Waals surface area contributed by atoms with Gasteiger partial charge in [-0.2, -0.15) is 0 Å². The van der Waals surface area contributed by atoms with Crippen molar-refractivity contribution in [2.75, 3.05) is 38.1 Å². The lowest BCUT2D eigenvalue weighted by molar-refractivity contribution is 0.0959. The van der Waals surface area contributed by atoms with Gasteiger partial charge in [0.25, 0.3) is 11.5 Å². The number of nitrogens with zero attached hydrogens (tertiary/aromatic N) is 3. The molecule has 0 unspecified atom stereocenters. The van der Waals surface area contributed by atoms with E-state index in [1.807, 2.05) is 4.90 Å². The third kappa shape index (κ3) is 4.05. The van der Waals surface area contributed by atoms with Crippen molar-refractivity contribution >= 4 is 34.2 Å². The van der Waals surface area contributed by atoms with Crippen molar-refractivity contribution in [1.82, 2.24) is 20.2 Å². The van der Waals surface area contributed by atoms with Crippen LogP contribution >= 0.6 is 11.6 Å². The Kier molecular flexibility index (Phi) is 6.12. The predicted molar refractivity (Wildman–Crippen MR) is 119 cm³/mol. The molecule has 2 aromatic carbocycles. The number of benzene rings is 2. The minimum Gasteiger partial charge on any atom is -0.368 e. The number of aryl methyl sites for hydroxylation is 1. The number of rotatable bonds is 4. The zero-order chi connectivity index (χ0) is 23.0. The van der Waals surface area contributed by atoms with Gasteiger partial charge in [-0.1, -0.05) is 17.7 Å². The summed E-state index contributed by atoms with van der Waals surface area (Å²) in [6.45, 7) is 4.28. The van der Waals surface area contributed by atoms with Gasteiger partial charge >= 0.3 is 0 Å². The zero-order valence-electron chi connectivity index (χ0n) is 17.6. The monoisotopic (exact) mass is 461 g/mol. The van der Waals surface area contributed by atoms with Crippen molar-refractivity contribution in [3.63, 3.8) is 0 Å². The van der Waals surface area contributed by atoms with E-state index in [1.165, 1.54) is 13.1 Å². The van der Waals surface area contributed by atoms with Gasteiger partial charge in [-0.05, 0) is 25.1 Å².